The van der Waals surface area contributed by atoms with Gasteiger partial charge in [-0.05, 0) is 52.7 Å². The molecule has 0 aliphatic carbocycles. The number of rotatable bonds is 4. The quantitative estimate of drug-likeness (QED) is 0.653. The highest BCUT2D eigenvalue weighted by Gasteiger charge is 2.08. The molecule has 1 heteroatoms. The van der Waals surface area contributed by atoms with E-state index in [2.05, 4.69) is 70.7 Å². The van der Waals surface area contributed by atoms with Crippen LogP contribution in [-0.2, 0) is 6.42 Å². The van der Waals surface area contributed by atoms with E-state index >= 15 is 0 Å². The highest BCUT2D eigenvalue weighted by molar-refractivity contribution is 5.70. The Labute approximate surface area is 146 Å². The topological polar surface area (TPSA) is 23.8 Å². The molecule has 0 amide bonds. The molecule has 0 saturated heterocycles. The van der Waals surface area contributed by atoms with E-state index < -0.39 is 0 Å². The maximum atomic E-state index is 9.21. The van der Waals surface area contributed by atoms with Crippen molar-refractivity contribution in [2.24, 2.45) is 5.41 Å². The van der Waals surface area contributed by atoms with Crippen LogP contribution >= 0.6 is 0 Å². The summed E-state index contributed by atoms with van der Waals surface area (Å²) >= 11 is 0. The van der Waals surface area contributed by atoms with Crippen LogP contribution in [0.15, 0.2) is 61.2 Å². The fraction of sp³-hybridized carbons (Fsp3) is 0.261. The molecule has 0 heterocycles. The summed E-state index contributed by atoms with van der Waals surface area (Å²) in [6, 6.07) is 18.5. The van der Waals surface area contributed by atoms with Gasteiger partial charge in [0, 0.05) is 0 Å². The molecule has 1 nitrogen and oxygen atoms in total. The third-order valence-electron chi connectivity index (χ3n) is 3.94. The van der Waals surface area contributed by atoms with Crippen molar-refractivity contribution in [3.05, 3.63) is 83.4 Å². The smallest absolute Gasteiger partial charge is 0.0994 e. The number of hydrogen-bond acceptors (Lipinski definition) is 1. The van der Waals surface area contributed by atoms with E-state index in [1.165, 1.54) is 11.1 Å². The maximum Gasteiger partial charge on any atom is 0.0994 e. The highest BCUT2D eigenvalue weighted by Crippen LogP contribution is 2.25. The molecule has 2 aromatic carbocycles. The Morgan fingerprint density at radius 1 is 1.04 bits per heavy atom. The Kier molecular flexibility index (Phi) is 5.42. The maximum absolute atomic E-state index is 9.21. The van der Waals surface area contributed by atoms with E-state index in [0.717, 1.165) is 22.3 Å². The van der Waals surface area contributed by atoms with Gasteiger partial charge in [-0.3, -0.25) is 0 Å². The molecule has 0 unspecified atom stereocenters. The predicted molar refractivity (Wildman–Crippen MR) is 103 cm³/mol. The van der Waals surface area contributed by atoms with Crippen molar-refractivity contribution in [2.45, 2.75) is 34.1 Å². The van der Waals surface area contributed by atoms with Gasteiger partial charge in [0.15, 0.2) is 0 Å². The van der Waals surface area contributed by atoms with Crippen molar-refractivity contribution >= 4 is 11.1 Å². The zero-order chi connectivity index (χ0) is 17.7. The van der Waals surface area contributed by atoms with Crippen molar-refractivity contribution < 1.29 is 0 Å². The van der Waals surface area contributed by atoms with Gasteiger partial charge in [-0.15, -0.1) is 0 Å². The lowest BCUT2D eigenvalue weighted by atomic mass is 9.90. The second-order valence-electron chi connectivity index (χ2n) is 7.32. The van der Waals surface area contributed by atoms with Crippen LogP contribution in [0.25, 0.3) is 11.1 Å². The monoisotopic (exact) mass is 315 g/mol. The summed E-state index contributed by atoms with van der Waals surface area (Å²) in [6.45, 7) is 13.0. The molecule has 0 bridgehead atoms. The van der Waals surface area contributed by atoms with E-state index in [1.807, 2.05) is 24.3 Å². The normalized spacial score (nSPS) is 11.9. The fourth-order valence-corrected chi connectivity index (χ4v) is 2.82. The summed E-state index contributed by atoms with van der Waals surface area (Å²) in [6.07, 6.45) is 2.99. The first-order chi connectivity index (χ1) is 11.3. The lowest BCUT2D eigenvalue weighted by molar-refractivity contribution is 0.545. The summed E-state index contributed by atoms with van der Waals surface area (Å²) in [7, 11) is 0. The van der Waals surface area contributed by atoms with E-state index in [-0.39, 0.29) is 5.41 Å². The Balaban J connectivity index is 2.18. The summed E-state index contributed by atoms with van der Waals surface area (Å²) < 4.78 is 0. The molecule has 0 saturated carbocycles. The lowest BCUT2D eigenvalue weighted by Gasteiger charge is -2.15. The fourth-order valence-electron chi connectivity index (χ4n) is 2.82. The molecular weight excluding hydrogens is 290 g/mol. The van der Waals surface area contributed by atoms with Crippen LogP contribution in [0.4, 0.5) is 0 Å². The van der Waals surface area contributed by atoms with Gasteiger partial charge in [0.2, 0.25) is 0 Å². The van der Waals surface area contributed by atoms with Crippen molar-refractivity contribution in [1.29, 1.82) is 5.26 Å². The third-order valence-corrected chi connectivity index (χ3v) is 3.94. The third kappa shape index (κ3) is 4.70. The Morgan fingerprint density at radius 2 is 1.62 bits per heavy atom. The van der Waals surface area contributed by atoms with Gasteiger partial charge in [0.05, 0.1) is 11.6 Å². The molecule has 0 aromatic heterocycles. The first-order valence-electron chi connectivity index (χ1n) is 8.26. The summed E-state index contributed by atoms with van der Waals surface area (Å²) in [4.78, 5) is 0. The highest BCUT2D eigenvalue weighted by atomic mass is 14.2. The van der Waals surface area contributed by atoms with Gasteiger partial charge < -0.3 is 0 Å². The van der Waals surface area contributed by atoms with Gasteiger partial charge in [-0.2, -0.15) is 5.26 Å². The van der Waals surface area contributed by atoms with Crippen LogP contribution in [0.1, 0.15) is 49.9 Å². The largest absolute Gasteiger partial charge is 0.192 e. The predicted octanol–water partition coefficient (Wildman–Crippen LogP) is 6.26. The van der Waals surface area contributed by atoms with E-state index in [1.54, 1.807) is 0 Å². The number of benzene rings is 2. The molecule has 0 fully saturated rings. The lowest BCUT2D eigenvalue weighted by Crippen LogP contribution is -2.00. The number of allylic oxidation sites excluding steroid dienone is 3. The molecule has 2 rings (SSSR count). The standard InChI is InChI=1S/C23H25N/c1-17(14-21-8-6-7-9-22(21)16-24)19-10-12-20(13-11-19)18(2)15-23(3,4)5/h6-13,15H,1,14H2,2-5H3/b18-15+. The second-order valence-corrected chi connectivity index (χ2v) is 7.32. The molecule has 0 spiro atoms. The van der Waals surface area contributed by atoms with Crippen LogP contribution in [-0.4, -0.2) is 0 Å². The molecule has 24 heavy (non-hydrogen) atoms. The van der Waals surface area contributed by atoms with E-state index in [0.29, 0.717) is 6.42 Å². The minimum absolute atomic E-state index is 0.174. The van der Waals surface area contributed by atoms with Crippen molar-refractivity contribution in [3.63, 3.8) is 0 Å². The number of hydrogen-bond donors (Lipinski definition) is 0. The average molecular weight is 315 g/mol. The SMILES string of the molecule is C=C(Cc1ccccc1C#N)c1ccc(/C(C)=C/C(C)(C)C)cc1. The van der Waals surface area contributed by atoms with Gasteiger partial charge in [0.25, 0.3) is 0 Å². The number of nitrogens with zero attached hydrogens (tertiary/aromatic N) is 1. The zero-order valence-corrected chi connectivity index (χ0v) is 15.1. The second kappa shape index (κ2) is 7.32. The Hall–Kier alpha value is -2.59. The molecule has 0 atom stereocenters. The van der Waals surface area contributed by atoms with Crippen molar-refractivity contribution in [3.8, 4) is 6.07 Å². The average Bonchev–Trinajstić information content (AvgIpc) is 2.54. The zero-order valence-electron chi connectivity index (χ0n) is 15.1. The molecular formula is C23H25N. The molecule has 0 N–H and O–H groups in total. The summed E-state index contributed by atoms with van der Waals surface area (Å²) in [5.74, 6) is 0. The summed E-state index contributed by atoms with van der Waals surface area (Å²) in [5.41, 5.74) is 6.59. The van der Waals surface area contributed by atoms with Gasteiger partial charge in [-0.25, -0.2) is 0 Å². The minimum atomic E-state index is 0.174. The molecule has 122 valence electrons. The van der Waals surface area contributed by atoms with Gasteiger partial charge in [-0.1, -0.05) is 75.9 Å². The van der Waals surface area contributed by atoms with E-state index in [9.17, 15) is 5.26 Å². The first-order valence-corrected chi connectivity index (χ1v) is 8.26. The number of nitriles is 1. The van der Waals surface area contributed by atoms with Crippen molar-refractivity contribution in [1.82, 2.24) is 0 Å². The Morgan fingerprint density at radius 3 is 2.21 bits per heavy atom. The van der Waals surface area contributed by atoms with Gasteiger partial charge in [0.1, 0.15) is 0 Å². The van der Waals surface area contributed by atoms with Crippen LogP contribution in [0.5, 0.6) is 0 Å². The molecule has 2 aromatic rings. The van der Waals surface area contributed by atoms with Crippen LogP contribution < -0.4 is 0 Å². The first kappa shape index (κ1) is 17.8. The van der Waals surface area contributed by atoms with Crippen LogP contribution in [0.2, 0.25) is 0 Å². The van der Waals surface area contributed by atoms with Crippen LogP contribution in [0.3, 0.4) is 0 Å². The molecule has 0 aliphatic heterocycles. The van der Waals surface area contributed by atoms with Gasteiger partial charge >= 0.3 is 0 Å². The molecule has 0 radical (unpaired) electrons. The minimum Gasteiger partial charge on any atom is -0.192 e. The van der Waals surface area contributed by atoms with E-state index in [4.69, 9.17) is 0 Å². The van der Waals surface area contributed by atoms with Crippen molar-refractivity contribution in [2.75, 3.05) is 0 Å². The Bertz CT molecular complexity index is 793. The van der Waals surface area contributed by atoms with Crippen LogP contribution in [0, 0.1) is 16.7 Å². The molecule has 0 aliphatic rings. The summed E-state index contributed by atoms with van der Waals surface area (Å²) in [5, 5.41) is 9.21.